The van der Waals surface area contributed by atoms with E-state index < -0.39 is 10.0 Å². The van der Waals surface area contributed by atoms with Crippen LogP contribution in [0.2, 0.25) is 10.0 Å². The van der Waals surface area contributed by atoms with Gasteiger partial charge in [-0.25, -0.2) is 8.42 Å². The lowest BCUT2D eigenvalue weighted by Gasteiger charge is -2.21. The molecule has 0 aliphatic carbocycles. The second-order valence-electron chi connectivity index (χ2n) is 4.70. The van der Waals surface area contributed by atoms with E-state index >= 15 is 0 Å². The average Bonchev–Trinajstić information content (AvgIpc) is 2.49. The van der Waals surface area contributed by atoms with E-state index in [0.717, 1.165) is 9.87 Å². The third kappa shape index (κ3) is 3.02. The summed E-state index contributed by atoms with van der Waals surface area (Å²) in [4.78, 5) is -0.0666. The monoisotopic (exact) mass is 359 g/mol. The molecule has 22 heavy (non-hydrogen) atoms. The van der Waals surface area contributed by atoms with Gasteiger partial charge in [-0.3, -0.25) is 4.31 Å². The van der Waals surface area contributed by atoms with E-state index in [0.29, 0.717) is 11.4 Å². The lowest BCUT2D eigenvalue weighted by atomic mass is 10.2. The Hall–Kier alpha value is -1.43. The van der Waals surface area contributed by atoms with Gasteiger partial charge in [0.15, 0.2) is 0 Å². The molecule has 0 amide bonds. The highest BCUT2D eigenvalue weighted by Gasteiger charge is 2.26. The first-order valence-electron chi connectivity index (χ1n) is 6.36. The maximum absolute atomic E-state index is 12.7. The van der Waals surface area contributed by atoms with Crippen molar-refractivity contribution < 1.29 is 13.2 Å². The molecule has 0 saturated heterocycles. The van der Waals surface area contributed by atoms with Crippen LogP contribution in [0.1, 0.15) is 5.56 Å². The lowest BCUT2D eigenvalue weighted by molar-refractivity contribution is 0.414. The molecule has 4 nitrogen and oxygen atoms in total. The summed E-state index contributed by atoms with van der Waals surface area (Å²) in [6, 6.07) is 9.99. The molecule has 0 radical (unpaired) electrons. The zero-order valence-corrected chi connectivity index (χ0v) is 14.6. The van der Waals surface area contributed by atoms with E-state index in [2.05, 4.69) is 0 Å². The van der Waals surface area contributed by atoms with E-state index in [-0.39, 0.29) is 14.9 Å². The van der Waals surface area contributed by atoms with Crippen LogP contribution in [0.25, 0.3) is 0 Å². The lowest BCUT2D eigenvalue weighted by Crippen LogP contribution is -2.26. The highest BCUT2D eigenvalue weighted by molar-refractivity contribution is 7.93. The molecule has 0 heterocycles. The van der Waals surface area contributed by atoms with Gasteiger partial charge >= 0.3 is 0 Å². The van der Waals surface area contributed by atoms with Crippen molar-refractivity contribution in [2.75, 3.05) is 18.5 Å². The van der Waals surface area contributed by atoms with Crippen molar-refractivity contribution in [3.8, 4) is 5.75 Å². The molecule has 0 saturated carbocycles. The fourth-order valence-electron chi connectivity index (χ4n) is 1.91. The summed E-state index contributed by atoms with van der Waals surface area (Å²) in [5, 5.41) is 0.0162. The second-order valence-corrected chi connectivity index (χ2v) is 7.40. The number of methoxy groups -OCH3 is 1. The Labute approximate surface area is 140 Å². The van der Waals surface area contributed by atoms with E-state index in [1.54, 1.807) is 12.1 Å². The Balaban J connectivity index is 2.51. The van der Waals surface area contributed by atoms with Gasteiger partial charge < -0.3 is 4.74 Å². The molecule has 0 aliphatic heterocycles. The van der Waals surface area contributed by atoms with Crippen molar-refractivity contribution >= 4 is 38.9 Å². The first kappa shape index (κ1) is 16.9. The van der Waals surface area contributed by atoms with Crippen LogP contribution in [-0.4, -0.2) is 22.6 Å². The molecule has 0 fully saturated rings. The van der Waals surface area contributed by atoms with Crippen LogP contribution in [0.15, 0.2) is 41.3 Å². The van der Waals surface area contributed by atoms with Gasteiger partial charge in [-0.2, -0.15) is 0 Å². The van der Waals surface area contributed by atoms with E-state index in [4.69, 9.17) is 27.9 Å². The maximum atomic E-state index is 12.7. The minimum absolute atomic E-state index is 0.0556. The summed E-state index contributed by atoms with van der Waals surface area (Å²) in [5.74, 6) is 0.323. The number of hydrogen-bond acceptors (Lipinski definition) is 3. The van der Waals surface area contributed by atoms with Crippen LogP contribution >= 0.6 is 23.2 Å². The summed E-state index contributed by atoms with van der Waals surface area (Å²) in [6.07, 6.45) is 0. The van der Waals surface area contributed by atoms with Crippen LogP contribution in [-0.2, 0) is 10.0 Å². The molecule has 118 valence electrons. The van der Waals surface area contributed by atoms with Gasteiger partial charge in [-0.1, -0.05) is 40.9 Å². The molecule has 0 spiro atoms. The van der Waals surface area contributed by atoms with Crippen LogP contribution in [0.5, 0.6) is 5.75 Å². The number of anilines is 1. The Morgan fingerprint density at radius 2 is 1.59 bits per heavy atom. The van der Waals surface area contributed by atoms with Gasteiger partial charge in [0.25, 0.3) is 10.0 Å². The smallest absolute Gasteiger partial charge is 0.265 e. The summed E-state index contributed by atoms with van der Waals surface area (Å²) in [5.41, 5.74) is 1.58. The number of rotatable bonds is 4. The van der Waals surface area contributed by atoms with Gasteiger partial charge in [0, 0.05) is 7.05 Å². The first-order valence-corrected chi connectivity index (χ1v) is 8.56. The van der Waals surface area contributed by atoms with Crippen molar-refractivity contribution in [2.24, 2.45) is 0 Å². The van der Waals surface area contributed by atoms with Crippen LogP contribution in [0.4, 0.5) is 5.69 Å². The predicted molar refractivity (Wildman–Crippen MR) is 89.8 cm³/mol. The molecule has 0 aromatic heterocycles. The number of hydrogen-bond donors (Lipinski definition) is 0. The molecule has 2 aromatic rings. The number of aryl methyl sites for hydroxylation is 1. The summed E-state index contributed by atoms with van der Waals surface area (Å²) >= 11 is 12.1. The van der Waals surface area contributed by atoms with Crippen molar-refractivity contribution in [3.63, 3.8) is 0 Å². The number of nitrogens with zero attached hydrogens (tertiary/aromatic N) is 1. The van der Waals surface area contributed by atoms with Crippen LogP contribution in [0.3, 0.4) is 0 Å². The summed E-state index contributed by atoms with van der Waals surface area (Å²) < 4.78 is 31.7. The topological polar surface area (TPSA) is 46.6 Å². The number of sulfonamides is 1. The molecule has 0 atom stereocenters. The van der Waals surface area contributed by atoms with Gasteiger partial charge in [0.05, 0.1) is 17.8 Å². The maximum Gasteiger partial charge on any atom is 0.265 e. The standard InChI is InChI=1S/C15H15Cl2NO3S/c1-10-4-6-11(7-5-10)18(2)22(19,20)13-9-8-12(21-3)14(16)15(13)17/h4-9H,1-3H3. The molecule has 2 rings (SSSR count). The third-order valence-corrected chi connectivity index (χ3v) is 6.07. The second kappa shape index (κ2) is 6.36. The van der Waals surface area contributed by atoms with Crippen molar-refractivity contribution in [1.29, 1.82) is 0 Å². The molecular weight excluding hydrogens is 345 g/mol. The zero-order valence-electron chi connectivity index (χ0n) is 12.3. The molecule has 7 heteroatoms. The van der Waals surface area contributed by atoms with Crippen molar-refractivity contribution in [1.82, 2.24) is 0 Å². The SMILES string of the molecule is COc1ccc(S(=O)(=O)N(C)c2ccc(C)cc2)c(Cl)c1Cl. The Morgan fingerprint density at radius 3 is 2.14 bits per heavy atom. The van der Waals surface area contributed by atoms with Crippen molar-refractivity contribution in [2.45, 2.75) is 11.8 Å². The minimum Gasteiger partial charge on any atom is -0.495 e. The average molecular weight is 360 g/mol. The largest absolute Gasteiger partial charge is 0.495 e. The highest BCUT2D eigenvalue weighted by atomic mass is 35.5. The van der Waals surface area contributed by atoms with Gasteiger partial charge in [0.2, 0.25) is 0 Å². The van der Waals surface area contributed by atoms with E-state index in [1.807, 2.05) is 19.1 Å². The number of benzene rings is 2. The fourth-order valence-corrected chi connectivity index (χ4v) is 3.92. The molecule has 0 N–H and O–H groups in total. The minimum atomic E-state index is -3.82. The Morgan fingerprint density at radius 1 is 1.00 bits per heavy atom. The molecule has 0 unspecified atom stereocenters. The van der Waals surface area contributed by atoms with Crippen LogP contribution in [0, 0.1) is 6.92 Å². The molecule has 2 aromatic carbocycles. The number of halogens is 2. The van der Waals surface area contributed by atoms with Gasteiger partial charge in [-0.15, -0.1) is 0 Å². The van der Waals surface area contributed by atoms with Gasteiger partial charge in [0.1, 0.15) is 15.7 Å². The molecule has 0 bridgehead atoms. The van der Waals surface area contributed by atoms with Crippen molar-refractivity contribution in [3.05, 3.63) is 52.0 Å². The number of ether oxygens (including phenoxy) is 1. The summed E-state index contributed by atoms with van der Waals surface area (Å²) in [7, 11) is -0.920. The van der Waals surface area contributed by atoms with E-state index in [1.165, 1.54) is 26.3 Å². The summed E-state index contributed by atoms with van der Waals surface area (Å²) in [6.45, 7) is 1.93. The zero-order chi connectivity index (χ0) is 16.5. The highest BCUT2D eigenvalue weighted by Crippen LogP contribution is 2.38. The van der Waals surface area contributed by atoms with Crippen LogP contribution < -0.4 is 9.04 Å². The Bertz CT molecular complexity index is 789. The Kier molecular flexibility index (Phi) is 4.90. The molecular formula is C15H15Cl2NO3S. The van der Waals surface area contributed by atoms with Gasteiger partial charge in [-0.05, 0) is 31.2 Å². The fraction of sp³-hybridized carbons (Fsp3) is 0.200. The molecule has 0 aliphatic rings. The normalized spacial score (nSPS) is 11.3. The quantitative estimate of drug-likeness (QED) is 0.824. The first-order chi connectivity index (χ1) is 10.3. The predicted octanol–water partition coefficient (Wildman–Crippen LogP) is 4.14. The van der Waals surface area contributed by atoms with E-state index in [9.17, 15) is 8.42 Å². The third-order valence-electron chi connectivity index (χ3n) is 3.27.